The predicted octanol–water partition coefficient (Wildman–Crippen LogP) is 2.95. The lowest BCUT2D eigenvalue weighted by molar-refractivity contribution is 0.400. The largest absolute Gasteiger partial charge is 0.478 e. The highest BCUT2D eigenvalue weighted by molar-refractivity contribution is 5.84. The molecular formula is C16H12N4O. The van der Waals surface area contributed by atoms with Crippen molar-refractivity contribution < 1.29 is 4.74 Å². The molecule has 3 heterocycles. The Morgan fingerprint density at radius 1 is 1.05 bits per heavy atom. The molecular weight excluding hydrogens is 264 g/mol. The standard InChI is InChI=1S/C16H12N4O/c1-21-16-15-19-10-14(20(15)8-7-18-16)12-4-5-13-11(9-12)3-2-6-17-13/h2-10H,1H3. The van der Waals surface area contributed by atoms with Crippen LogP contribution in [0.1, 0.15) is 0 Å². The van der Waals surface area contributed by atoms with Gasteiger partial charge in [0.1, 0.15) is 0 Å². The summed E-state index contributed by atoms with van der Waals surface area (Å²) in [6, 6.07) is 10.2. The monoisotopic (exact) mass is 276 g/mol. The van der Waals surface area contributed by atoms with Gasteiger partial charge in [-0.15, -0.1) is 0 Å². The maximum absolute atomic E-state index is 5.24. The Hall–Kier alpha value is -2.95. The molecule has 0 bridgehead atoms. The molecule has 0 atom stereocenters. The summed E-state index contributed by atoms with van der Waals surface area (Å²) in [7, 11) is 1.60. The van der Waals surface area contributed by atoms with Crippen LogP contribution in [-0.2, 0) is 0 Å². The van der Waals surface area contributed by atoms with E-state index >= 15 is 0 Å². The molecule has 4 aromatic rings. The highest BCUT2D eigenvalue weighted by atomic mass is 16.5. The van der Waals surface area contributed by atoms with Crippen molar-refractivity contribution in [1.82, 2.24) is 19.4 Å². The number of methoxy groups -OCH3 is 1. The Labute approximate surface area is 120 Å². The van der Waals surface area contributed by atoms with Gasteiger partial charge in [0.15, 0.2) is 0 Å². The second kappa shape index (κ2) is 4.56. The molecule has 0 amide bonds. The third-order valence-corrected chi connectivity index (χ3v) is 3.49. The number of hydrogen-bond donors (Lipinski definition) is 0. The van der Waals surface area contributed by atoms with Crippen LogP contribution in [0.25, 0.3) is 27.8 Å². The number of imidazole rings is 1. The summed E-state index contributed by atoms with van der Waals surface area (Å²) in [6.07, 6.45) is 7.22. The van der Waals surface area contributed by atoms with Crippen LogP contribution in [0.2, 0.25) is 0 Å². The Morgan fingerprint density at radius 2 is 2.00 bits per heavy atom. The molecule has 5 nitrogen and oxygen atoms in total. The van der Waals surface area contributed by atoms with Crippen LogP contribution in [-0.4, -0.2) is 26.5 Å². The van der Waals surface area contributed by atoms with Gasteiger partial charge >= 0.3 is 0 Å². The third-order valence-electron chi connectivity index (χ3n) is 3.49. The van der Waals surface area contributed by atoms with Gasteiger partial charge in [-0.2, -0.15) is 0 Å². The summed E-state index contributed by atoms with van der Waals surface area (Å²) in [5.74, 6) is 0.520. The van der Waals surface area contributed by atoms with Gasteiger partial charge in [-0.05, 0) is 18.2 Å². The van der Waals surface area contributed by atoms with Crippen LogP contribution in [0.3, 0.4) is 0 Å². The molecule has 21 heavy (non-hydrogen) atoms. The van der Waals surface area contributed by atoms with Crippen molar-refractivity contribution in [3.05, 3.63) is 55.1 Å². The minimum Gasteiger partial charge on any atom is -0.478 e. The van der Waals surface area contributed by atoms with Gasteiger partial charge in [0.05, 0.1) is 24.5 Å². The molecule has 4 rings (SSSR count). The number of benzene rings is 1. The second-order valence-corrected chi connectivity index (χ2v) is 4.68. The molecule has 102 valence electrons. The van der Waals surface area contributed by atoms with Gasteiger partial charge in [-0.1, -0.05) is 12.1 Å². The third kappa shape index (κ3) is 1.82. The number of rotatable bonds is 2. The van der Waals surface area contributed by atoms with E-state index in [-0.39, 0.29) is 0 Å². The normalized spacial score (nSPS) is 11.1. The minimum atomic E-state index is 0.520. The van der Waals surface area contributed by atoms with Crippen LogP contribution in [0.5, 0.6) is 5.88 Å². The van der Waals surface area contributed by atoms with E-state index in [1.54, 1.807) is 19.5 Å². The minimum absolute atomic E-state index is 0.520. The summed E-state index contributed by atoms with van der Waals surface area (Å²) < 4.78 is 7.22. The van der Waals surface area contributed by atoms with Gasteiger partial charge in [-0.3, -0.25) is 9.38 Å². The molecule has 0 unspecified atom stereocenters. The summed E-state index contributed by atoms with van der Waals surface area (Å²) in [4.78, 5) is 12.9. The average Bonchev–Trinajstić information content (AvgIpc) is 2.98. The number of pyridine rings is 1. The van der Waals surface area contributed by atoms with Crippen molar-refractivity contribution >= 4 is 16.6 Å². The summed E-state index contributed by atoms with van der Waals surface area (Å²) in [5.41, 5.74) is 3.77. The molecule has 1 aromatic carbocycles. The first-order valence-corrected chi connectivity index (χ1v) is 6.58. The second-order valence-electron chi connectivity index (χ2n) is 4.68. The molecule has 0 aliphatic heterocycles. The van der Waals surface area contributed by atoms with E-state index in [1.165, 1.54) is 0 Å². The molecule has 0 N–H and O–H groups in total. The van der Waals surface area contributed by atoms with Crippen molar-refractivity contribution in [3.63, 3.8) is 0 Å². The van der Waals surface area contributed by atoms with E-state index in [0.29, 0.717) is 11.5 Å². The zero-order valence-electron chi connectivity index (χ0n) is 11.4. The maximum Gasteiger partial charge on any atom is 0.258 e. The molecule has 0 aliphatic rings. The number of aromatic nitrogens is 4. The Morgan fingerprint density at radius 3 is 2.90 bits per heavy atom. The Balaban J connectivity index is 1.96. The molecule has 5 heteroatoms. The lowest BCUT2D eigenvalue weighted by Crippen LogP contribution is -1.94. The fraction of sp³-hybridized carbons (Fsp3) is 0.0625. The van der Waals surface area contributed by atoms with Crippen LogP contribution in [0.4, 0.5) is 0 Å². The zero-order chi connectivity index (χ0) is 14.2. The molecule has 0 radical (unpaired) electrons. The first-order valence-electron chi connectivity index (χ1n) is 6.58. The maximum atomic E-state index is 5.24. The smallest absolute Gasteiger partial charge is 0.258 e. The van der Waals surface area contributed by atoms with Crippen LogP contribution in [0, 0.1) is 0 Å². The number of ether oxygens (including phenoxy) is 1. The first-order chi connectivity index (χ1) is 10.4. The lowest BCUT2D eigenvalue weighted by Gasteiger charge is -2.05. The van der Waals surface area contributed by atoms with Gasteiger partial charge in [0.25, 0.3) is 5.88 Å². The number of hydrogen-bond acceptors (Lipinski definition) is 4. The molecule has 0 saturated carbocycles. The van der Waals surface area contributed by atoms with E-state index < -0.39 is 0 Å². The van der Waals surface area contributed by atoms with Crippen molar-refractivity contribution in [1.29, 1.82) is 0 Å². The van der Waals surface area contributed by atoms with Gasteiger partial charge in [0.2, 0.25) is 5.65 Å². The van der Waals surface area contributed by atoms with E-state index in [2.05, 4.69) is 27.1 Å². The zero-order valence-corrected chi connectivity index (χ0v) is 11.4. The molecule has 0 aliphatic carbocycles. The molecule has 3 aromatic heterocycles. The van der Waals surface area contributed by atoms with Crippen LogP contribution >= 0.6 is 0 Å². The molecule has 0 spiro atoms. The quantitative estimate of drug-likeness (QED) is 0.565. The molecule has 0 saturated heterocycles. The summed E-state index contributed by atoms with van der Waals surface area (Å²) >= 11 is 0. The van der Waals surface area contributed by atoms with Crippen molar-refractivity contribution in [2.24, 2.45) is 0 Å². The first kappa shape index (κ1) is 11.8. The lowest BCUT2D eigenvalue weighted by atomic mass is 10.1. The summed E-state index contributed by atoms with van der Waals surface area (Å²) in [5, 5.41) is 1.10. The highest BCUT2D eigenvalue weighted by Gasteiger charge is 2.10. The topological polar surface area (TPSA) is 52.3 Å². The number of nitrogens with zero attached hydrogens (tertiary/aromatic N) is 4. The van der Waals surface area contributed by atoms with Gasteiger partial charge in [-0.25, -0.2) is 9.97 Å². The van der Waals surface area contributed by atoms with Crippen molar-refractivity contribution in [2.75, 3.05) is 7.11 Å². The highest BCUT2D eigenvalue weighted by Crippen LogP contribution is 2.26. The fourth-order valence-corrected chi connectivity index (χ4v) is 2.49. The Kier molecular flexibility index (Phi) is 2.57. The predicted molar refractivity (Wildman–Crippen MR) is 80.3 cm³/mol. The van der Waals surface area contributed by atoms with Crippen molar-refractivity contribution in [3.8, 4) is 17.1 Å². The van der Waals surface area contributed by atoms with E-state index in [9.17, 15) is 0 Å². The van der Waals surface area contributed by atoms with Crippen LogP contribution < -0.4 is 4.74 Å². The van der Waals surface area contributed by atoms with Gasteiger partial charge in [0, 0.05) is 29.5 Å². The number of fused-ring (bicyclic) bond motifs is 2. The van der Waals surface area contributed by atoms with E-state index in [4.69, 9.17) is 4.74 Å². The summed E-state index contributed by atoms with van der Waals surface area (Å²) in [6.45, 7) is 0. The van der Waals surface area contributed by atoms with Gasteiger partial charge < -0.3 is 4.74 Å². The SMILES string of the molecule is COc1nccn2c(-c3ccc4ncccc4c3)cnc12. The molecule has 0 fully saturated rings. The fourth-order valence-electron chi connectivity index (χ4n) is 2.49. The van der Waals surface area contributed by atoms with Crippen molar-refractivity contribution in [2.45, 2.75) is 0 Å². The Bertz CT molecular complexity index is 945. The van der Waals surface area contributed by atoms with Crippen LogP contribution in [0.15, 0.2) is 55.1 Å². The van der Waals surface area contributed by atoms with E-state index in [0.717, 1.165) is 22.2 Å². The average molecular weight is 276 g/mol. The van der Waals surface area contributed by atoms with E-state index in [1.807, 2.05) is 35.0 Å².